The number of rotatable bonds is 2. The van der Waals surface area contributed by atoms with Gasteiger partial charge in [0.1, 0.15) is 6.10 Å². The molecule has 6 nitrogen and oxygen atoms in total. The van der Waals surface area contributed by atoms with Crippen LogP contribution in [0.3, 0.4) is 0 Å². The van der Waals surface area contributed by atoms with Gasteiger partial charge in [-0.3, -0.25) is 4.79 Å². The van der Waals surface area contributed by atoms with E-state index in [1.165, 1.54) is 0 Å². The lowest BCUT2D eigenvalue weighted by Gasteiger charge is -2.33. The Kier molecular flexibility index (Phi) is 3.97. The summed E-state index contributed by atoms with van der Waals surface area (Å²) >= 11 is 0. The minimum Gasteiger partial charge on any atom is -0.370 e. The Bertz CT molecular complexity index is 920. The molecule has 3 heterocycles. The highest BCUT2D eigenvalue weighted by atomic mass is 16.5. The number of nitrogens with zero attached hydrogens (tertiary/aromatic N) is 3. The molecule has 0 saturated carbocycles. The van der Waals surface area contributed by atoms with Crippen molar-refractivity contribution < 1.29 is 14.1 Å². The number of morpholine rings is 1. The molecule has 128 valence electrons. The Balaban J connectivity index is 1.66. The van der Waals surface area contributed by atoms with Gasteiger partial charge in [0, 0.05) is 12.2 Å². The fourth-order valence-electron chi connectivity index (χ4n) is 3.26. The number of aromatic nitrogens is 2. The van der Waals surface area contributed by atoms with Crippen molar-refractivity contribution in [3.8, 4) is 0 Å². The average molecular weight is 337 g/mol. The van der Waals surface area contributed by atoms with Gasteiger partial charge in [-0.25, -0.2) is 4.98 Å². The van der Waals surface area contributed by atoms with Gasteiger partial charge in [-0.05, 0) is 25.5 Å². The molecule has 1 fully saturated rings. The maximum atomic E-state index is 13.2. The molecule has 1 atom stereocenters. The number of carbonyl (C=O) groups is 1. The normalized spacial score (nSPS) is 17.8. The first kappa shape index (κ1) is 15.8. The summed E-state index contributed by atoms with van der Waals surface area (Å²) in [6.07, 6.45) is -0.110. The molecular weight excluding hydrogens is 318 g/mol. The summed E-state index contributed by atoms with van der Waals surface area (Å²) in [6, 6.07) is 11.8. The third kappa shape index (κ3) is 2.89. The van der Waals surface area contributed by atoms with E-state index in [9.17, 15) is 4.79 Å². The smallest absolute Gasteiger partial charge is 0.258 e. The zero-order chi connectivity index (χ0) is 17.4. The van der Waals surface area contributed by atoms with Crippen molar-refractivity contribution in [2.24, 2.45) is 0 Å². The van der Waals surface area contributed by atoms with E-state index in [-0.39, 0.29) is 12.0 Å². The van der Waals surface area contributed by atoms with E-state index in [0.29, 0.717) is 42.1 Å². The molecule has 1 amide bonds. The van der Waals surface area contributed by atoms with Crippen molar-refractivity contribution in [3.63, 3.8) is 0 Å². The van der Waals surface area contributed by atoms with Gasteiger partial charge in [0.05, 0.1) is 29.8 Å². The molecule has 0 unspecified atom stereocenters. The summed E-state index contributed by atoms with van der Waals surface area (Å²) in [5.41, 5.74) is 3.50. The third-order valence-corrected chi connectivity index (χ3v) is 4.50. The van der Waals surface area contributed by atoms with Gasteiger partial charge in [0.25, 0.3) is 11.6 Å². The molecule has 1 aromatic carbocycles. The van der Waals surface area contributed by atoms with Gasteiger partial charge in [-0.2, -0.15) is 0 Å². The number of carbonyl (C=O) groups excluding carboxylic acids is 1. The minimum atomic E-state index is -0.110. The van der Waals surface area contributed by atoms with E-state index in [1.54, 1.807) is 0 Å². The molecule has 2 aromatic heterocycles. The lowest BCUT2D eigenvalue weighted by molar-refractivity contribution is -0.0227. The van der Waals surface area contributed by atoms with Gasteiger partial charge < -0.3 is 14.2 Å². The monoisotopic (exact) mass is 337 g/mol. The summed E-state index contributed by atoms with van der Waals surface area (Å²) in [5.74, 6) is -0.0361. The summed E-state index contributed by atoms with van der Waals surface area (Å²) in [5, 5.41) is 4.65. The maximum Gasteiger partial charge on any atom is 0.258 e. The predicted octanol–water partition coefficient (Wildman–Crippen LogP) is 3.05. The average Bonchev–Trinajstić information content (AvgIpc) is 3.02. The Morgan fingerprint density at radius 1 is 1.24 bits per heavy atom. The van der Waals surface area contributed by atoms with Crippen LogP contribution >= 0.6 is 0 Å². The zero-order valence-corrected chi connectivity index (χ0v) is 14.2. The number of fused-ring (bicyclic) bond motifs is 1. The van der Waals surface area contributed by atoms with Crippen LogP contribution in [-0.4, -0.2) is 40.6 Å². The lowest BCUT2D eigenvalue weighted by Crippen LogP contribution is -2.42. The number of aryl methyl sites for hydroxylation is 2. The summed E-state index contributed by atoms with van der Waals surface area (Å²) in [7, 11) is 0. The summed E-state index contributed by atoms with van der Waals surface area (Å²) < 4.78 is 11.1. The van der Waals surface area contributed by atoms with Crippen LogP contribution in [0.15, 0.2) is 40.9 Å². The molecule has 0 spiro atoms. The van der Waals surface area contributed by atoms with E-state index in [0.717, 1.165) is 11.3 Å². The molecule has 0 radical (unpaired) electrons. The van der Waals surface area contributed by atoms with Gasteiger partial charge in [-0.15, -0.1) is 0 Å². The second-order valence-electron chi connectivity index (χ2n) is 6.28. The molecule has 0 N–H and O–H groups in total. The standard InChI is InChI=1S/C19H19N3O3/c1-12-10-15(17-13(2)21-25-18(17)20-12)19(23)22-8-9-24-16(11-22)14-6-4-3-5-7-14/h3-7,10,16H,8-9,11H2,1-2H3/t16-/m0/s1. The summed E-state index contributed by atoms with van der Waals surface area (Å²) in [4.78, 5) is 19.3. The molecule has 25 heavy (non-hydrogen) atoms. The second-order valence-corrected chi connectivity index (χ2v) is 6.28. The SMILES string of the molecule is Cc1cc(C(=O)N2CCO[C@H](c3ccccc3)C2)c2c(C)noc2n1. The van der Waals surface area contributed by atoms with E-state index in [4.69, 9.17) is 9.26 Å². The quantitative estimate of drug-likeness (QED) is 0.719. The van der Waals surface area contributed by atoms with E-state index in [1.807, 2.05) is 55.1 Å². The Labute approximate surface area is 145 Å². The van der Waals surface area contributed by atoms with Crippen molar-refractivity contribution in [2.75, 3.05) is 19.7 Å². The molecule has 0 bridgehead atoms. The maximum absolute atomic E-state index is 13.2. The number of hydrogen-bond acceptors (Lipinski definition) is 5. The first-order chi connectivity index (χ1) is 12.1. The fraction of sp³-hybridized carbons (Fsp3) is 0.316. The first-order valence-corrected chi connectivity index (χ1v) is 8.33. The highest BCUT2D eigenvalue weighted by Crippen LogP contribution is 2.27. The largest absolute Gasteiger partial charge is 0.370 e. The minimum absolute atomic E-state index is 0.0361. The Morgan fingerprint density at radius 3 is 2.84 bits per heavy atom. The summed E-state index contributed by atoms with van der Waals surface area (Å²) in [6.45, 7) is 5.28. The highest BCUT2D eigenvalue weighted by Gasteiger charge is 2.28. The van der Waals surface area contributed by atoms with E-state index in [2.05, 4.69) is 10.1 Å². The second kappa shape index (κ2) is 6.29. The third-order valence-electron chi connectivity index (χ3n) is 4.50. The van der Waals surface area contributed by atoms with Crippen LogP contribution in [0, 0.1) is 13.8 Å². The molecule has 1 aliphatic rings. The Hall–Kier alpha value is -2.73. The molecule has 0 aliphatic carbocycles. The van der Waals surface area contributed by atoms with Crippen molar-refractivity contribution >= 4 is 17.0 Å². The highest BCUT2D eigenvalue weighted by molar-refractivity contribution is 6.06. The van der Waals surface area contributed by atoms with Crippen molar-refractivity contribution in [2.45, 2.75) is 20.0 Å². The van der Waals surface area contributed by atoms with Crippen LogP contribution in [0.4, 0.5) is 0 Å². The molecule has 1 saturated heterocycles. The molecule has 4 rings (SSSR count). The predicted molar refractivity (Wildman–Crippen MR) is 92.3 cm³/mol. The van der Waals surface area contributed by atoms with E-state index < -0.39 is 0 Å². The van der Waals surface area contributed by atoms with Crippen LogP contribution in [0.25, 0.3) is 11.1 Å². The van der Waals surface area contributed by atoms with Crippen LogP contribution in [-0.2, 0) is 4.74 Å². The van der Waals surface area contributed by atoms with Crippen LogP contribution in [0.1, 0.15) is 33.4 Å². The van der Waals surface area contributed by atoms with Gasteiger partial charge in [-0.1, -0.05) is 35.5 Å². The van der Waals surface area contributed by atoms with Crippen LogP contribution < -0.4 is 0 Å². The molecular formula is C19H19N3O3. The van der Waals surface area contributed by atoms with Crippen LogP contribution in [0.5, 0.6) is 0 Å². The number of benzene rings is 1. The number of ether oxygens (including phenoxy) is 1. The topological polar surface area (TPSA) is 68.5 Å². The van der Waals surface area contributed by atoms with Crippen molar-refractivity contribution in [3.05, 3.63) is 58.9 Å². The zero-order valence-electron chi connectivity index (χ0n) is 14.2. The molecule has 6 heteroatoms. The number of pyridine rings is 1. The number of amides is 1. The fourth-order valence-corrected chi connectivity index (χ4v) is 3.26. The van der Waals surface area contributed by atoms with Gasteiger partial charge >= 0.3 is 0 Å². The molecule has 3 aromatic rings. The molecule has 1 aliphatic heterocycles. The van der Waals surface area contributed by atoms with Crippen molar-refractivity contribution in [1.82, 2.24) is 15.0 Å². The Morgan fingerprint density at radius 2 is 2.04 bits per heavy atom. The first-order valence-electron chi connectivity index (χ1n) is 8.33. The van der Waals surface area contributed by atoms with Gasteiger partial charge in [0.2, 0.25) is 0 Å². The number of hydrogen-bond donors (Lipinski definition) is 0. The van der Waals surface area contributed by atoms with E-state index >= 15 is 0 Å². The van der Waals surface area contributed by atoms with Gasteiger partial charge in [0.15, 0.2) is 0 Å². The van der Waals surface area contributed by atoms with Crippen LogP contribution in [0.2, 0.25) is 0 Å². The lowest BCUT2D eigenvalue weighted by atomic mass is 10.1. The van der Waals surface area contributed by atoms with Crippen molar-refractivity contribution in [1.29, 1.82) is 0 Å².